The van der Waals surface area contributed by atoms with E-state index in [-0.39, 0.29) is 32.5 Å². The van der Waals surface area contributed by atoms with Gasteiger partial charge in [-0.15, -0.1) is 0 Å². The van der Waals surface area contributed by atoms with Crippen LogP contribution in [0.2, 0.25) is 0 Å². The molecular weight excluding hydrogens is 1040 g/mol. The van der Waals surface area contributed by atoms with E-state index in [1.807, 2.05) is 0 Å². The summed E-state index contributed by atoms with van der Waals surface area (Å²) in [6.45, 7) is 29.2. The Morgan fingerprint density at radius 3 is 1.09 bits per heavy atom. The van der Waals surface area contributed by atoms with Gasteiger partial charge in [0, 0.05) is 65.2 Å². The summed E-state index contributed by atoms with van der Waals surface area (Å²) in [5.41, 5.74) is 39.9. The van der Waals surface area contributed by atoms with Crippen LogP contribution in [0, 0.1) is 0 Å². The number of benzene rings is 11. The second-order valence-corrected chi connectivity index (χ2v) is 29.5. The van der Waals surface area contributed by atoms with E-state index < -0.39 is 0 Å². The smallest absolute Gasteiger partial charge is 0.144 e. The summed E-state index contributed by atoms with van der Waals surface area (Å²) in [6, 6.07) is 70.2. The molecule has 0 aliphatic heterocycles. The second kappa shape index (κ2) is 15.3. The SMILES string of the molecule is CC1(C)c2ccccc2-c2cc3c(cc21)-c1ccc(-c2cc4c(c5c2oc2ccccc25)-c2ccc5c(c2C4(C)C)C(C)(C)c2cc(-c4ccc6c(c4)C(C)(C)c4cc7c(cc4-6)C(C)(C)c4ccccc4-7)c4c(oc6ccccc64)c2-5)cc1C3(C)C. The molecule has 86 heavy (non-hydrogen) atoms. The number of hydrogen-bond donors (Lipinski definition) is 0. The molecule has 0 spiro atoms. The summed E-state index contributed by atoms with van der Waals surface area (Å²) in [5, 5.41) is 4.70. The molecule has 2 heteroatoms. The van der Waals surface area contributed by atoms with Gasteiger partial charge >= 0.3 is 0 Å². The van der Waals surface area contributed by atoms with E-state index in [1.54, 1.807) is 0 Å². The maximum absolute atomic E-state index is 7.28. The third-order valence-corrected chi connectivity index (χ3v) is 23.0. The number of fused-ring (bicyclic) bond motifs is 27. The molecule has 0 bridgehead atoms. The largest absolute Gasteiger partial charge is 0.455 e. The predicted octanol–water partition coefficient (Wildman–Crippen LogP) is 22.7. The van der Waals surface area contributed by atoms with E-state index in [0.717, 1.165) is 38.7 Å². The highest BCUT2D eigenvalue weighted by molar-refractivity contribution is 6.21. The molecule has 0 atom stereocenters. The maximum Gasteiger partial charge on any atom is 0.144 e. The van der Waals surface area contributed by atoms with Gasteiger partial charge in [0.15, 0.2) is 0 Å². The quantitative estimate of drug-likeness (QED) is 0.172. The second-order valence-electron chi connectivity index (χ2n) is 29.5. The van der Waals surface area contributed by atoms with Crippen molar-refractivity contribution in [2.75, 3.05) is 0 Å². The van der Waals surface area contributed by atoms with Gasteiger partial charge in [0.1, 0.15) is 22.3 Å². The third kappa shape index (κ3) is 5.64. The summed E-state index contributed by atoms with van der Waals surface area (Å²) >= 11 is 0. The standard InChI is InChI=1S/C84H66O2/c1-79(2)59-25-17-13-21-45(59)55-39-65-57(41-63(55)79)47-31-29-43(35-61(47)81(65,5)6)53-37-68-73(78-71(53)49-23-15-19-27-69(49)86-78)52-34-33-51-72-67(83(9,10)75(51)76(52)84(68,11)12)38-54(77-74(72)50-24-16-20-28-70(50)85-77)44-30-32-48-58-42-64-56(40-66(58)82(7,8)62(48)36-44)46-22-14-18-26-60(46)80(64,3)4/h13-42H,1-12H3. The first-order valence-electron chi connectivity index (χ1n) is 31.2. The molecule has 2 nitrogen and oxygen atoms in total. The van der Waals surface area contributed by atoms with Crippen LogP contribution in [-0.4, -0.2) is 0 Å². The molecule has 414 valence electrons. The Balaban J connectivity index is 0.776. The Morgan fingerprint density at radius 1 is 0.233 bits per heavy atom. The number of para-hydroxylation sites is 2. The van der Waals surface area contributed by atoms with Gasteiger partial charge in [-0.05, 0) is 205 Å². The van der Waals surface area contributed by atoms with Crippen LogP contribution < -0.4 is 0 Å². The fraction of sp³-hybridized carbons (Fsp3) is 0.214. The molecule has 11 aromatic carbocycles. The zero-order chi connectivity index (χ0) is 58.4. The van der Waals surface area contributed by atoms with Gasteiger partial charge in [-0.1, -0.05) is 204 Å². The van der Waals surface area contributed by atoms with E-state index in [0.29, 0.717) is 0 Å². The molecule has 0 saturated heterocycles. The zero-order valence-electron chi connectivity index (χ0n) is 51.1. The van der Waals surface area contributed by atoms with Crippen LogP contribution in [0.15, 0.2) is 191 Å². The Morgan fingerprint density at radius 2 is 0.581 bits per heavy atom. The van der Waals surface area contributed by atoms with Crippen LogP contribution in [0.3, 0.4) is 0 Å². The Labute approximate surface area is 503 Å². The molecule has 2 aromatic heterocycles. The van der Waals surface area contributed by atoms with E-state index >= 15 is 0 Å². The van der Waals surface area contributed by atoms with Gasteiger partial charge in [-0.3, -0.25) is 0 Å². The van der Waals surface area contributed by atoms with Gasteiger partial charge in [0.2, 0.25) is 0 Å². The van der Waals surface area contributed by atoms with Crippen LogP contribution in [0.1, 0.15) is 150 Å². The molecule has 0 radical (unpaired) electrons. The molecule has 0 N–H and O–H groups in total. The Hall–Kier alpha value is -8.98. The van der Waals surface area contributed by atoms with Gasteiger partial charge in [0.05, 0.1) is 0 Å². The van der Waals surface area contributed by atoms with Crippen LogP contribution in [0.5, 0.6) is 0 Å². The lowest BCUT2D eigenvalue weighted by molar-refractivity contribution is 0.601. The van der Waals surface area contributed by atoms with Gasteiger partial charge in [-0.2, -0.15) is 0 Å². The monoisotopic (exact) mass is 1110 g/mol. The third-order valence-electron chi connectivity index (χ3n) is 23.0. The molecule has 0 amide bonds. The zero-order valence-corrected chi connectivity index (χ0v) is 51.1. The van der Waals surface area contributed by atoms with Gasteiger partial charge in [0.25, 0.3) is 0 Å². The molecule has 6 aliphatic rings. The summed E-state index contributed by atoms with van der Waals surface area (Å²) in [5.74, 6) is 0. The molecule has 6 aliphatic carbocycles. The first-order chi connectivity index (χ1) is 41.2. The molecule has 0 saturated carbocycles. The Bertz CT molecular complexity index is 5400. The van der Waals surface area contributed by atoms with Gasteiger partial charge in [-0.25, -0.2) is 0 Å². The maximum atomic E-state index is 7.28. The number of hydrogen-bond acceptors (Lipinski definition) is 2. The van der Waals surface area contributed by atoms with E-state index in [1.165, 1.54) is 161 Å². The highest BCUT2D eigenvalue weighted by Gasteiger charge is 2.50. The average Bonchev–Trinajstić information content (AvgIpc) is 1.52. The molecule has 2 heterocycles. The lowest BCUT2D eigenvalue weighted by Crippen LogP contribution is -2.24. The van der Waals surface area contributed by atoms with Crippen molar-refractivity contribution in [2.24, 2.45) is 0 Å². The number of rotatable bonds is 2. The minimum Gasteiger partial charge on any atom is -0.455 e. The van der Waals surface area contributed by atoms with Crippen molar-refractivity contribution in [1.82, 2.24) is 0 Å². The lowest BCUT2D eigenvalue weighted by Gasteiger charge is -2.31. The summed E-state index contributed by atoms with van der Waals surface area (Å²) in [6.07, 6.45) is 0. The minimum absolute atomic E-state index is 0.0699. The minimum atomic E-state index is -0.383. The van der Waals surface area contributed by atoms with Crippen molar-refractivity contribution in [3.63, 3.8) is 0 Å². The predicted molar refractivity (Wildman–Crippen MR) is 357 cm³/mol. The Kier molecular flexibility index (Phi) is 8.79. The topological polar surface area (TPSA) is 26.3 Å². The van der Waals surface area contributed by atoms with Crippen molar-refractivity contribution in [1.29, 1.82) is 0 Å². The fourth-order valence-corrected chi connectivity index (χ4v) is 18.6. The molecule has 13 aromatic rings. The first-order valence-corrected chi connectivity index (χ1v) is 31.2. The van der Waals surface area contributed by atoms with E-state index in [2.05, 4.69) is 265 Å². The summed E-state index contributed by atoms with van der Waals surface area (Å²) < 4.78 is 14.5. The molecule has 19 rings (SSSR count). The van der Waals surface area contributed by atoms with Gasteiger partial charge < -0.3 is 8.83 Å². The van der Waals surface area contributed by atoms with Crippen LogP contribution >= 0.6 is 0 Å². The highest BCUT2D eigenvalue weighted by atomic mass is 16.3. The van der Waals surface area contributed by atoms with Crippen molar-refractivity contribution < 1.29 is 8.83 Å². The lowest BCUT2D eigenvalue weighted by atomic mass is 9.72. The summed E-state index contributed by atoms with van der Waals surface area (Å²) in [4.78, 5) is 0. The van der Waals surface area contributed by atoms with Crippen molar-refractivity contribution in [3.05, 3.63) is 249 Å². The van der Waals surface area contributed by atoms with Crippen LogP contribution in [0.25, 0.3) is 133 Å². The van der Waals surface area contributed by atoms with Crippen LogP contribution in [0.4, 0.5) is 0 Å². The normalized spacial score (nSPS) is 17.6. The van der Waals surface area contributed by atoms with E-state index in [9.17, 15) is 0 Å². The fourth-order valence-electron chi connectivity index (χ4n) is 18.6. The van der Waals surface area contributed by atoms with Crippen molar-refractivity contribution in [3.8, 4) is 89.0 Å². The molecule has 0 unspecified atom stereocenters. The first kappa shape index (κ1) is 49.3. The van der Waals surface area contributed by atoms with E-state index in [4.69, 9.17) is 8.83 Å². The average molecular weight is 1110 g/mol. The molecule has 0 fully saturated rings. The van der Waals surface area contributed by atoms with Crippen molar-refractivity contribution >= 4 is 43.9 Å². The summed E-state index contributed by atoms with van der Waals surface area (Å²) in [7, 11) is 0. The molecular formula is C84H66O2. The van der Waals surface area contributed by atoms with Crippen molar-refractivity contribution in [2.45, 2.75) is 116 Å². The highest BCUT2D eigenvalue weighted by Crippen LogP contribution is 2.65. The van der Waals surface area contributed by atoms with Crippen LogP contribution in [-0.2, 0) is 32.5 Å². The number of furan rings is 2.